The van der Waals surface area contributed by atoms with E-state index in [1.165, 1.54) is 11.1 Å². The molecule has 2 aromatic rings. The number of nitrogens with one attached hydrogen (secondary N) is 1. The van der Waals surface area contributed by atoms with Crippen LogP contribution in [0.5, 0.6) is 0 Å². The lowest BCUT2D eigenvalue weighted by Crippen LogP contribution is -2.62. The van der Waals surface area contributed by atoms with Crippen LogP contribution in [-0.2, 0) is 14.3 Å². The topological polar surface area (TPSA) is 95.9 Å². The third-order valence-electron chi connectivity index (χ3n) is 7.71. The number of likely N-dealkylation sites (tertiary alicyclic amines) is 1. The third-order valence-corrected chi connectivity index (χ3v) is 7.71. The predicted molar refractivity (Wildman–Crippen MR) is 126 cm³/mol. The Morgan fingerprint density at radius 1 is 1.00 bits per heavy atom. The average molecular weight is 463 g/mol. The molecule has 1 aliphatic heterocycles. The highest BCUT2D eigenvalue weighted by Gasteiger charge is 2.49. The second kappa shape index (κ2) is 8.46. The molecule has 1 saturated carbocycles. The highest BCUT2D eigenvalue weighted by molar-refractivity contribution is 5.84. The smallest absolute Gasteiger partial charge is 0.407 e. The number of benzene rings is 2. The summed E-state index contributed by atoms with van der Waals surface area (Å²) in [6.45, 7) is 2.30. The van der Waals surface area contributed by atoms with Crippen LogP contribution in [0.2, 0.25) is 0 Å². The lowest BCUT2D eigenvalue weighted by Gasteiger charge is -2.46. The Kier molecular flexibility index (Phi) is 5.58. The minimum Gasteiger partial charge on any atom is -0.481 e. The van der Waals surface area contributed by atoms with E-state index in [2.05, 4.69) is 29.6 Å². The van der Waals surface area contributed by atoms with E-state index in [0.717, 1.165) is 24.0 Å². The summed E-state index contributed by atoms with van der Waals surface area (Å²) in [5.41, 5.74) is 3.15. The van der Waals surface area contributed by atoms with Crippen molar-refractivity contribution in [1.82, 2.24) is 10.2 Å². The number of carboxylic acids is 1. The van der Waals surface area contributed by atoms with Crippen LogP contribution in [0.4, 0.5) is 4.79 Å². The Labute approximate surface area is 199 Å². The second-order valence-electron chi connectivity index (χ2n) is 10.2. The molecule has 34 heavy (non-hydrogen) atoms. The number of fused-ring (bicyclic) bond motifs is 3. The van der Waals surface area contributed by atoms with Crippen molar-refractivity contribution in [3.63, 3.8) is 0 Å². The molecule has 7 nitrogen and oxygen atoms in total. The van der Waals surface area contributed by atoms with Gasteiger partial charge in [-0.05, 0) is 42.0 Å². The minimum atomic E-state index is -0.885. The van der Waals surface area contributed by atoms with Gasteiger partial charge in [-0.1, -0.05) is 61.4 Å². The number of hydrogen-bond donors (Lipinski definition) is 2. The molecule has 2 amide bonds. The summed E-state index contributed by atoms with van der Waals surface area (Å²) in [5.74, 6) is -1.02. The van der Waals surface area contributed by atoms with Crippen LogP contribution < -0.4 is 5.32 Å². The first kappa shape index (κ1) is 22.4. The first-order chi connectivity index (χ1) is 16.3. The zero-order chi connectivity index (χ0) is 23.9. The maximum absolute atomic E-state index is 12.9. The molecule has 0 unspecified atom stereocenters. The van der Waals surface area contributed by atoms with Gasteiger partial charge in [0.1, 0.15) is 6.61 Å². The number of aliphatic carboxylic acids is 1. The monoisotopic (exact) mass is 462 g/mol. The summed E-state index contributed by atoms with van der Waals surface area (Å²) in [5, 5.41) is 12.3. The molecule has 2 aliphatic carbocycles. The van der Waals surface area contributed by atoms with E-state index < -0.39 is 23.0 Å². The molecule has 5 rings (SSSR count). The Balaban J connectivity index is 1.22. The van der Waals surface area contributed by atoms with Gasteiger partial charge in [0.25, 0.3) is 0 Å². The van der Waals surface area contributed by atoms with E-state index in [0.29, 0.717) is 12.8 Å². The Morgan fingerprint density at radius 3 is 2.12 bits per heavy atom. The van der Waals surface area contributed by atoms with Crippen molar-refractivity contribution in [1.29, 1.82) is 0 Å². The van der Waals surface area contributed by atoms with Gasteiger partial charge in [-0.15, -0.1) is 0 Å². The molecule has 1 heterocycles. The molecule has 2 N–H and O–H groups in total. The maximum Gasteiger partial charge on any atom is 0.407 e. The summed E-state index contributed by atoms with van der Waals surface area (Å²) in [4.78, 5) is 38.7. The largest absolute Gasteiger partial charge is 0.481 e. The quantitative estimate of drug-likeness (QED) is 0.672. The molecule has 1 saturated heterocycles. The van der Waals surface area contributed by atoms with E-state index >= 15 is 0 Å². The number of rotatable bonds is 6. The molecule has 0 radical (unpaired) electrons. The first-order valence-corrected chi connectivity index (χ1v) is 11.9. The highest BCUT2D eigenvalue weighted by atomic mass is 16.5. The van der Waals surface area contributed by atoms with Crippen LogP contribution in [0.15, 0.2) is 48.5 Å². The van der Waals surface area contributed by atoms with Crippen molar-refractivity contribution in [3.8, 4) is 11.1 Å². The Bertz CT molecular complexity index is 1090. The molecule has 0 spiro atoms. The summed E-state index contributed by atoms with van der Waals surface area (Å²) >= 11 is 0. The van der Waals surface area contributed by atoms with Gasteiger partial charge >= 0.3 is 12.1 Å². The van der Waals surface area contributed by atoms with E-state index in [1.807, 2.05) is 24.3 Å². The van der Waals surface area contributed by atoms with Crippen LogP contribution in [0.25, 0.3) is 11.1 Å². The normalized spacial score (nSPS) is 19.6. The van der Waals surface area contributed by atoms with Crippen LogP contribution >= 0.6 is 0 Å². The van der Waals surface area contributed by atoms with E-state index in [9.17, 15) is 19.5 Å². The zero-order valence-corrected chi connectivity index (χ0v) is 19.4. The number of nitrogens with zero attached hydrogens (tertiary/aromatic N) is 1. The molecule has 0 atom stereocenters. The van der Waals surface area contributed by atoms with Crippen LogP contribution in [0.3, 0.4) is 0 Å². The van der Waals surface area contributed by atoms with Gasteiger partial charge in [0.15, 0.2) is 0 Å². The lowest BCUT2D eigenvalue weighted by atomic mass is 9.81. The van der Waals surface area contributed by atoms with Crippen molar-refractivity contribution < 1.29 is 24.2 Å². The molecular weight excluding hydrogens is 432 g/mol. The number of hydrogen-bond acceptors (Lipinski definition) is 4. The fraction of sp³-hybridized carbons (Fsp3) is 0.444. The van der Waals surface area contributed by atoms with Crippen molar-refractivity contribution >= 4 is 18.0 Å². The van der Waals surface area contributed by atoms with E-state index in [1.54, 1.807) is 11.8 Å². The SMILES string of the molecule is CC1(C(=O)O)CN(C(=O)CC2(NC(=O)OCC3c4ccccc4-c4ccccc43)CCCC2)C1. The fourth-order valence-electron chi connectivity index (χ4n) is 5.76. The summed E-state index contributed by atoms with van der Waals surface area (Å²) < 4.78 is 5.72. The molecule has 2 fully saturated rings. The second-order valence-corrected chi connectivity index (χ2v) is 10.2. The first-order valence-electron chi connectivity index (χ1n) is 11.9. The van der Waals surface area contributed by atoms with Gasteiger partial charge < -0.3 is 20.1 Å². The van der Waals surface area contributed by atoms with E-state index in [-0.39, 0.29) is 37.9 Å². The lowest BCUT2D eigenvalue weighted by molar-refractivity contribution is -0.164. The van der Waals surface area contributed by atoms with Gasteiger partial charge in [-0.2, -0.15) is 0 Å². The molecule has 7 heteroatoms. The van der Waals surface area contributed by atoms with Crippen molar-refractivity contribution in [3.05, 3.63) is 59.7 Å². The number of carbonyl (C=O) groups is 3. The summed E-state index contributed by atoms with van der Waals surface area (Å²) in [6.07, 6.45) is 2.97. The molecular formula is C27H30N2O5. The number of carboxylic acid groups (broad SMARTS) is 1. The summed E-state index contributed by atoms with van der Waals surface area (Å²) in [7, 11) is 0. The van der Waals surface area contributed by atoms with Gasteiger partial charge in [0.05, 0.1) is 17.4 Å². The average Bonchev–Trinajstić information content (AvgIpc) is 3.37. The number of amides is 2. The number of carbonyl (C=O) groups excluding carboxylic acids is 2. The molecule has 0 bridgehead atoms. The molecule has 0 aromatic heterocycles. The molecule has 3 aliphatic rings. The Hall–Kier alpha value is -3.35. The van der Waals surface area contributed by atoms with Gasteiger partial charge in [-0.25, -0.2) is 4.79 Å². The molecule has 2 aromatic carbocycles. The Morgan fingerprint density at radius 2 is 1.56 bits per heavy atom. The van der Waals surface area contributed by atoms with Gasteiger partial charge in [0.2, 0.25) is 5.91 Å². The predicted octanol–water partition coefficient (Wildman–Crippen LogP) is 4.16. The summed E-state index contributed by atoms with van der Waals surface area (Å²) in [6, 6.07) is 16.4. The number of alkyl carbamates (subject to hydrolysis) is 1. The van der Waals surface area contributed by atoms with Gasteiger partial charge in [0, 0.05) is 19.0 Å². The standard InChI is InChI=1S/C27H30N2O5/c1-26(24(31)32)16-29(17-26)23(30)14-27(12-6-7-13-27)28-25(33)34-15-22-20-10-4-2-8-18(20)19-9-3-5-11-21(19)22/h2-5,8-11,22H,6-7,12-17H2,1H3,(H,28,33)(H,31,32). The minimum absolute atomic E-state index is 0.0194. The van der Waals surface area contributed by atoms with Crippen LogP contribution in [0, 0.1) is 5.41 Å². The van der Waals surface area contributed by atoms with Crippen molar-refractivity contribution in [2.75, 3.05) is 19.7 Å². The van der Waals surface area contributed by atoms with Crippen LogP contribution in [-0.4, -0.2) is 53.2 Å². The third kappa shape index (κ3) is 3.93. The zero-order valence-electron chi connectivity index (χ0n) is 19.4. The molecule has 178 valence electrons. The number of ether oxygens (including phenoxy) is 1. The van der Waals surface area contributed by atoms with Crippen molar-refractivity contribution in [2.24, 2.45) is 5.41 Å². The van der Waals surface area contributed by atoms with Crippen molar-refractivity contribution in [2.45, 2.75) is 50.5 Å². The van der Waals surface area contributed by atoms with E-state index in [4.69, 9.17) is 4.74 Å². The van der Waals surface area contributed by atoms with Gasteiger partial charge in [-0.3, -0.25) is 9.59 Å². The highest BCUT2D eigenvalue weighted by Crippen LogP contribution is 2.44. The maximum atomic E-state index is 12.9. The van der Waals surface area contributed by atoms with Crippen LogP contribution in [0.1, 0.15) is 56.1 Å². The fourth-order valence-corrected chi connectivity index (χ4v) is 5.76.